The van der Waals surface area contributed by atoms with Crippen molar-refractivity contribution in [2.75, 3.05) is 18.2 Å². The van der Waals surface area contributed by atoms with Crippen LogP contribution in [0.25, 0.3) is 0 Å². The van der Waals surface area contributed by atoms with Crippen molar-refractivity contribution < 1.29 is 22.3 Å². The van der Waals surface area contributed by atoms with Gasteiger partial charge in [-0.1, -0.05) is 0 Å². The molecule has 0 spiro atoms. The fourth-order valence-corrected chi connectivity index (χ4v) is 1.80. The van der Waals surface area contributed by atoms with E-state index < -0.39 is 17.6 Å². The predicted octanol–water partition coefficient (Wildman–Crippen LogP) is 4.18. The number of hydrogen-bond donors (Lipinski definition) is 2. The van der Waals surface area contributed by atoms with Gasteiger partial charge in [0.2, 0.25) is 0 Å². The third-order valence-corrected chi connectivity index (χ3v) is 2.80. The van der Waals surface area contributed by atoms with Gasteiger partial charge in [0.15, 0.2) is 0 Å². The summed E-state index contributed by atoms with van der Waals surface area (Å²) in [6.45, 7) is 0. The molecule has 2 rings (SSSR count). The summed E-state index contributed by atoms with van der Waals surface area (Å²) >= 11 is 0. The Labute approximate surface area is 118 Å². The van der Waals surface area contributed by atoms with Crippen LogP contribution in [0.2, 0.25) is 0 Å². The molecule has 7 heteroatoms. The molecular formula is C14H12F4N2O. The Bertz CT molecular complexity index is 656. The largest absolute Gasteiger partial charge is 0.494 e. The van der Waals surface area contributed by atoms with Crippen molar-refractivity contribution in [1.82, 2.24) is 0 Å². The van der Waals surface area contributed by atoms with Crippen LogP contribution in [0.5, 0.6) is 5.75 Å². The zero-order valence-electron chi connectivity index (χ0n) is 11.0. The lowest BCUT2D eigenvalue weighted by Gasteiger charge is -2.14. The van der Waals surface area contributed by atoms with Crippen molar-refractivity contribution in [3.63, 3.8) is 0 Å². The summed E-state index contributed by atoms with van der Waals surface area (Å²) in [4.78, 5) is 0. The molecule has 0 aromatic heterocycles. The maximum Gasteiger partial charge on any atom is 0.418 e. The van der Waals surface area contributed by atoms with Crippen LogP contribution in [-0.2, 0) is 6.18 Å². The van der Waals surface area contributed by atoms with Gasteiger partial charge in [0.05, 0.1) is 18.4 Å². The van der Waals surface area contributed by atoms with E-state index in [2.05, 4.69) is 5.32 Å². The van der Waals surface area contributed by atoms with E-state index in [4.69, 9.17) is 10.5 Å². The molecule has 0 bridgehead atoms. The van der Waals surface area contributed by atoms with Gasteiger partial charge < -0.3 is 15.8 Å². The number of hydrogen-bond acceptors (Lipinski definition) is 3. The predicted molar refractivity (Wildman–Crippen MR) is 72.1 cm³/mol. The number of nitrogens with one attached hydrogen (secondary N) is 1. The summed E-state index contributed by atoms with van der Waals surface area (Å²) in [5.41, 5.74) is 4.54. The number of anilines is 3. The van der Waals surface area contributed by atoms with Crippen molar-refractivity contribution in [2.24, 2.45) is 0 Å². The zero-order chi connectivity index (χ0) is 15.6. The van der Waals surface area contributed by atoms with Gasteiger partial charge in [0, 0.05) is 17.4 Å². The van der Waals surface area contributed by atoms with Crippen LogP contribution < -0.4 is 15.8 Å². The van der Waals surface area contributed by atoms with E-state index in [1.807, 2.05) is 0 Å². The van der Waals surface area contributed by atoms with Crippen molar-refractivity contribution in [3.05, 3.63) is 47.8 Å². The number of alkyl halides is 3. The Hall–Kier alpha value is -2.44. The lowest BCUT2D eigenvalue weighted by atomic mass is 10.1. The minimum absolute atomic E-state index is 0.168. The Kier molecular flexibility index (Phi) is 3.93. The molecule has 0 aliphatic heterocycles. The highest BCUT2D eigenvalue weighted by Crippen LogP contribution is 2.36. The Morgan fingerprint density at radius 1 is 1.10 bits per heavy atom. The average molecular weight is 300 g/mol. The normalized spacial score (nSPS) is 11.3. The second-order valence-electron chi connectivity index (χ2n) is 4.27. The average Bonchev–Trinajstić information content (AvgIpc) is 2.41. The third kappa shape index (κ3) is 3.36. The highest BCUT2D eigenvalue weighted by Gasteiger charge is 2.33. The van der Waals surface area contributed by atoms with Gasteiger partial charge in [-0.3, -0.25) is 0 Å². The number of benzene rings is 2. The van der Waals surface area contributed by atoms with E-state index in [0.29, 0.717) is 5.69 Å². The Balaban J connectivity index is 2.37. The van der Waals surface area contributed by atoms with Crippen LogP contribution >= 0.6 is 0 Å². The standard InChI is InChI=1S/C14H12F4N2O/c1-21-13-6-8(15)2-5-12(13)20-9-3-4-11(19)10(7-9)14(16,17)18/h2-7,20H,19H2,1H3. The van der Waals surface area contributed by atoms with E-state index in [0.717, 1.165) is 18.2 Å². The van der Waals surface area contributed by atoms with Crippen LogP contribution in [0.4, 0.5) is 34.6 Å². The molecule has 3 nitrogen and oxygen atoms in total. The van der Waals surface area contributed by atoms with Crippen LogP contribution in [0.1, 0.15) is 5.56 Å². The molecule has 2 aromatic rings. The summed E-state index contributed by atoms with van der Waals surface area (Å²) in [6, 6.07) is 7.11. The van der Waals surface area contributed by atoms with Crippen LogP contribution in [0.3, 0.4) is 0 Å². The summed E-state index contributed by atoms with van der Waals surface area (Å²) in [5, 5.41) is 2.74. The summed E-state index contributed by atoms with van der Waals surface area (Å²) in [7, 11) is 1.34. The topological polar surface area (TPSA) is 47.3 Å². The molecule has 0 aliphatic carbocycles. The zero-order valence-corrected chi connectivity index (χ0v) is 11.0. The smallest absolute Gasteiger partial charge is 0.418 e. The second-order valence-corrected chi connectivity index (χ2v) is 4.27. The van der Waals surface area contributed by atoms with Crippen molar-refractivity contribution in [1.29, 1.82) is 0 Å². The lowest BCUT2D eigenvalue weighted by molar-refractivity contribution is -0.136. The molecule has 21 heavy (non-hydrogen) atoms. The quantitative estimate of drug-likeness (QED) is 0.660. The summed E-state index contributed by atoms with van der Waals surface area (Å²) in [6.07, 6.45) is -4.55. The maximum atomic E-state index is 13.1. The van der Waals surface area contributed by atoms with Gasteiger partial charge in [-0.25, -0.2) is 4.39 Å². The van der Waals surface area contributed by atoms with E-state index in [-0.39, 0.29) is 17.1 Å². The molecule has 2 aromatic carbocycles. The lowest BCUT2D eigenvalue weighted by Crippen LogP contribution is -2.09. The molecule has 112 valence electrons. The van der Waals surface area contributed by atoms with E-state index >= 15 is 0 Å². The van der Waals surface area contributed by atoms with E-state index in [1.165, 1.54) is 25.3 Å². The fourth-order valence-electron chi connectivity index (χ4n) is 1.80. The monoisotopic (exact) mass is 300 g/mol. The van der Waals surface area contributed by atoms with Crippen molar-refractivity contribution in [3.8, 4) is 5.75 Å². The van der Waals surface area contributed by atoms with Crippen LogP contribution in [0.15, 0.2) is 36.4 Å². The summed E-state index contributed by atoms with van der Waals surface area (Å²) < 4.78 is 56.4. The first-order valence-electron chi connectivity index (χ1n) is 5.88. The molecule has 0 unspecified atom stereocenters. The first-order valence-corrected chi connectivity index (χ1v) is 5.88. The first-order chi connectivity index (χ1) is 9.81. The number of rotatable bonds is 3. The number of halogens is 4. The van der Waals surface area contributed by atoms with E-state index in [1.54, 1.807) is 0 Å². The molecule has 0 heterocycles. The molecule has 0 aliphatic rings. The molecule has 0 saturated heterocycles. The molecule has 0 amide bonds. The van der Waals surface area contributed by atoms with Gasteiger partial charge in [-0.05, 0) is 30.3 Å². The first kappa shape index (κ1) is 15.0. The van der Waals surface area contributed by atoms with Crippen molar-refractivity contribution >= 4 is 17.1 Å². The maximum absolute atomic E-state index is 13.1. The minimum Gasteiger partial charge on any atom is -0.494 e. The third-order valence-electron chi connectivity index (χ3n) is 2.80. The Morgan fingerprint density at radius 3 is 2.43 bits per heavy atom. The number of nitrogens with two attached hydrogens (primary N) is 1. The van der Waals surface area contributed by atoms with Gasteiger partial charge in [-0.15, -0.1) is 0 Å². The number of methoxy groups -OCH3 is 1. The number of ether oxygens (including phenoxy) is 1. The van der Waals surface area contributed by atoms with Gasteiger partial charge in [0.1, 0.15) is 11.6 Å². The highest BCUT2D eigenvalue weighted by atomic mass is 19.4. The molecule has 3 N–H and O–H groups in total. The number of nitrogen functional groups attached to an aromatic ring is 1. The van der Waals surface area contributed by atoms with E-state index in [9.17, 15) is 17.6 Å². The molecule has 0 fully saturated rings. The fraction of sp³-hybridized carbons (Fsp3) is 0.143. The van der Waals surface area contributed by atoms with Crippen molar-refractivity contribution in [2.45, 2.75) is 6.18 Å². The van der Waals surface area contributed by atoms with Gasteiger partial charge in [-0.2, -0.15) is 13.2 Å². The molecule has 0 saturated carbocycles. The molecule has 0 atom stereocenters. The van der Waals surface area contributed by atoms with Gasteiger partial charge in [0.25, 0.3) is 0 Å². The highest BCUT2D eigenvalue weighted by molar-refractivity contribution is 5.69. The Morgan fingerprint density at radius 2 is 1.81 bits per heavy atom. The SMILES string of the molecule is COc1cc(F)ccc1Nc1ccc(N)c(C(F)(F)F)c1. The summed E-state index contributed by atoms with van der Waals surface area (Å²) in [5.74, 6) is -0.328. The van der Waals surface area contributed by atoms with Crippen LogP contribution in [0, 0.1) is 5.82 Å². The van der Waals surface area contributed by atoms with Gasteiger partial charge >= 0.3 is 6.18 Å². The second kappa shape index (κ2) is 5.51. The van der Waals surface area contributed by atoms with Crippen LogP contribution in [-0.4, -0.2) is 7.11 Å². The minimum atomic E-state index is -4.55. The molecule has 0 radical (unpaired) electrons. The molecular weight excluding hydrogens is 288 g/mol.